The number of carbonyl (C=O) groups is 1. The number of ether oxygens (including phenoxy) is 1. The predicted molar refractivity (Wildman–Crippen MR) is 109 cm³/mol. The lowest BCUT2D eigenvalue weighted by Gasteiger charge is -2.10. The molecule has 3 heterocycles. The summed E-state index contributed by atoms with van der Waals surface area (Å²) in [5.74, 6) is 0.787. The number of benzene rings is 1. The van der Waals surface area contributed by atoms with Gasteiger partial charge in [-0.05, 0) is 43.3 Å². The minimum atomic E-state index is -0.407. The number of nitrogens with zero attached hydrogens (tertiary/aromatic N) is 3. The maximum absolute atomic E-state index is 11.1. The Morgan fingerprint density at radius 1 is 1.21 bits per heavy atom. The van der Waals surface area contributed by atoms with Gasteiger partial charge in [0.2, 0.25) is 11.8 Å². The van der Waals surface area contributed by atoms with Crippen LogP contribution >= 0.6 is 0 Å². The molecule has 0 spiro atoms. The molecule has 1 atom stereocenters. The summed E-state index contributed by atoms with van der Waals surface area (Å²) in [6, 6.07) is 14.7. The highest BCUT2D eigenvalue weighted by atomic mass is 16.5. The van der Waals surface area contributed by atoms with Crippen LogP contribution in [0.15, 0.2) is 60.9 Å². The van der Waals surface area contributed by atoms with Gasteiger partial charge in [-0.1, -0.05) is 6.07 Å². The molecule has 3 aromatic heterocycles. The second kappa shape index (κ2) is 8.07. The van der Waals surface area contributed by atoms with Crippen molar-refractivity contribution in [2.75, 3.05) is 0 Å². The normalized spacial score (nSPS) is 12.0. The Bertz CT molecular complexity index is 1130. The van der Waals surface area contributed by atoms with E-state index in [2.05, 4.69) is 25.5 Å². The van der Waals surface area contributed by atoms with Crippen molar-refractivity contribution < 1.29 is 9.53 Å². The number of hydrogen-bond donors (Lipinski definition) is 3. The van der Waals surface area contributed by atoms with Crippen molar-refractivity contribution in [3.05, 3.63) is 66.6 Å². The highest BCUT2D eigenvalue weighted by molar-refractivity contribution is 5.80. The molecule has 0 aliphatic carbocycles. The molecular formula is C21H20N6O2. The fraction of sp³-hybridized carbons (Fsp3) is 0.143. The number of aromatic amines is 1. The van der Waals surface area contributed by atoms with Gasteiger partial charge in [0.15, 0.2) is 0 Å². The molecule has 29 heavy (non-hydrogen) atoms. The summed E-state index contributed by atoms with van der Waals surface area (Å²) in [5.41, 5.74) is 8.76. The number of H-pyrrole nitrogens is 1. The van der Waals surface area contributed by atoms with Gasteiger partial charge >= 0.3 is 0 Å². The first kappa shape index (κ1) is 18.6. The number of nitrogens with two attached hydrogens (primary N) is 1. The Balaban J connectivity index is 1.46. The topological polar surface area (TPSA) is 119 Å². The average molecular weight is 388 g/mol. The first-order chi connectivity index (χ1) is 14.1. The van der Waals surface area contributed by atoms with E-state index >= 15 is 0 Å². The van der Waals surface area contributed by atoms with Crippen molar-refractivity contribution in [2.45, 2.75) is 19.5 Å². The number of nitrogens with one attached hydrogen (secondary N) is 2. The van der Waals surface area contributed by atoms with E-state index in [0.717, 1.165) is 27.9 Å². The van der Waals surface area contributed by atoms with Crippen LogP contribution in [-0.2, 0) is 11.3 Å². The van der Waals surface area contributed by atoms with Gasteiger partial charge in [-0.15, -0.1) is 0 Å². The Morgan fingerprint density at radius 2 is 2.10 bits per heavy atom. The summed E-state index contributed by atoms with van der Waals surface area (Å²) >= 11 is 0. The first-order valence-corrected chi connectivity index (χ1v) is 9.14. The van der Waals surface area contributed by atoms with Crippen molar-refractivity contribution in [1.29, 1.82) is 0 Å². The zero-order valence-corrected chi connectivity index (χ0v) is 15.8. The molecule has 8 nitrogen and oxygen atoms in total. The summed E-state index contributed by atoms with van der Waals surface area (Å²) in [6.07, 6.45) is 3.43. The highest BCUT2D eigenvalue weighted by Crippen LogP contribution is 2.25. The van der Waals surface area contributed by atoms with E-state index in [4.69, 9.17) is 10.5 Å². The zero-order chi connectivity index (χ0) is 20.2. The number of primary amides is 1. The number of rotatable bonds is 7. The molecule has 1 aromatic carbocycles. The Hall–Kier alpha value is -3.78. The maximum atomic E-state index is 11.1. The van der Waals surface area contributed by atoms with Gasteiger partial charge in [0.25, 0.3) is 0 Å². The second-order valence-electron chi connectivity index (χ2n) is 6.62. The number of hydrogen-bond acceptors (Lipinski definition) is 6. The van der Waals surface area contributed by atoms with Crippen LogP contribution < -0.4 is 15.8 Å². The molecule has 1 amide bonds. The molecule has 0 saturated carbocycles. The summed E-state index contributed by atoms with van der Waals surface area (Å²) < 4.78 is 5.87. The van der Waals surface area contributed by atoms with Crippen LogP contribution in [0.2, 0.25) is 0 Å². The molecule has 0 saturated heterocycles. The number of carbonyl (C=O) groups excluding carboxylic acids is 1. The quantitative estimate of drug-likeness (QED) is 0.448. The van der Waals surface area contributed by atoms with Crippen LogP contribution in [0.25, 0.3) is 22.2 Å². The molecule has 0 fully saturated rings. The van der Waals surface area contributed by atoms with E-state index in [1.807, 2.05) is 48.5 Å². The maximum Gasteiger partial charge on any atom is 0.234 e. The van der Waals surface area contributed by atoms with Crippen molar-refractivity contribution in [3.63, 3.8) is 0 Å². The lowest BCUT2D eigenvalue weighted by Crippen LogP contribution is -2.38. The molecule has 4 N–H and O–H groups in total. The number of aromatic nitrogens is 4. The fourth-order valence-corrected chi connectivity index (χ4v) is 2.80. The molecule has 8 heteroatoms. The van der Waals surface area contributed by atoms with E-state index in [1.54, 1.807) is 19.3 Å². The smallest absolute Gasteiger partial charge is 0.234 e. The lowest BCUT2D eigenvalue weighted by molar-refractivity contribution is -0.119. The molecular weight excluding hydrogens is 368 g/mol. The molecule has 0 aliphatic heterocycles. The molecule has 0 aliphatic rings. The largest absolute Gasteiger partial charge is 0.439 e. The minimum Gasteiger partial charge on any atom is -0.439 e. The molecule has 0 bridgehead atoms. The van der Waals surface area contributed by atoms with Gasteiger partial charge in [0, 0.05) is 36.0 Å². The summed E-state index contributed by atoms with van der Waals surface area (Å²) in [6.45, 7) is 2.19. The molecule has 4 rings (SSSR count). The zero-order valence-electron chi connectivity index (χ0n) is 15.8. The number of fused-ring (bicyclic) bond motifs is 1. The van der Waals surface area contributed by atoms with Crippen LogP contribution in [0.4, 0.5) is 0 Å². The van der Waals surface area contributed by atoms with Gasteiger partial charge < -0.3 is 15.8 Å². The molecule has 4 aromatic rings. The highest BCUT2D eigenvalue weighted by Gasteiger charge is 2.08. The minimum absolute atomic E-state index is 0.390. The Labute approximate surface area is 167 Å². The summed E-state index contributed by atoms with van der Waals surface area (Å²) in [4.78, 5) is 20.1. The first-order valence-electron chi connectivity index (χ1n) is 9.14. The number of pyridine rings is 2. The van der Waals surface area contributed by atoms with E-state index in [-0.39, 0.29) is 0 Å². The van der Waals surface area contributed by atoms with Gasteiger partial charge in [-0.3, -0.25) is 14.9 Å². The third-order valence-corrected chi connectivity index (χ3v) is 4.50. The lowest BCUT2D eigenvalue weighted by atomic mass is 10.2. The Morgan fingerprint density at radius 3 is 2.83 bits per heavy atom. The van der Waals surface area contributed by atoms with Crippen LogP contribution in [0, 0.1) is 0 Å². The van der Waals surface area contributed by atoms with E-state index in [0.29, 0.717) is 18.2 Å². The number of amides is 1. The standard InChI is InChI=1S/C21H20N6O2/c1-13(21(22)28)23-12-16-4-2-14-10-17(5-6-18(14)26-16)29-20-7-3-15(11-24-20)19-8-9-25-27-19/h2-11,13,23H,12H2,1H3,(H2,22,28)(H,25,27)/t13-/m1/s1. The van der Waals surface area contributed by atoms with E-state index in [9.17, 15) is 4.79 Å². The Kier molecular flexibility index (Phi) is 5.17. The summed E-state index contributed by atoms with van der Waals surface area (Å²) in [5, 5.41) is 10.8. The third kappa shape index (κ3) is 4.39. The van der Waals surface area contributed by atoms with Crippen molar-refractivity contribution in [2.24, 2.45) is 5.73 Å². The fourth-order valence-electron chi connectivity index (χ4n) is 2.80. The van der Waals surface area contributed by atoms with Gasteiger partial charge in [-0.25, -0.2) is 4.98 Å². The van der Waals surface area contributed by atoms with Crippen molar-refractivity contribution in [3.8, 4) is 22.9 Å². The van der Waals surface area contributed by atoms with Crippen LogP contribution in [0.5, 0.6) is 11.6 Å². The van der Waals surface area contributed by atoms with Crippen LogP contribution in [0.3, 0.4) is 0 Å². The third-order valence-electron chi connectivity index (χ3n) is 4.50. The van der Waals surface area contributed by atoms with Crippen LogP contribution in [-0.4, -0.2) is 32.1 Å². The average Bonchev–Trinajstić information content (AvgIpc) is 3.27. The van der Waals surface area contributed by atoms with Crippen molar-refractivity contribution >= 4 is 16.8 Å². The summed E-state index contributed by atoms with van der Waals surface area (Å²) in [7, 11) is 0. The van der Waals surface area contributed by atoms with Crippen LogP contribution in [0.1, 0.15) is 12.6 Å². The second-order valence-corrected chi connectivity index (χ2v) is 6.62. The van der Waals surface area contributed by atoms with Gasteiger partial charge in [0.1, 0.15) is 5.75 Å². The van der Waals surface area contributed by atoms with E-state index in [1.165, 1.54) is 0 Å². The molecule has 0 radical (unpaired) electrons. The van der Waals surface area contributed by atoms with E-state index < -0.39 is 11.9 Å². The SMILES string of the molecule is C[C@@H](NCc1ccc2cc(Oc3ccc(-c4ccn[nH]4)cn3)ccc2n1)C(N)=O. The predicted octanol–water partition coefficient (Wildman–Crippen LogP) is 2.78. The van der Waals surface area contributed by atoms with Gasteiger partial charge in [0.05, 0.1) is 22.9 Å². The molecule has 0 unspecified atom stereocenters. The molecule has 146 valence electrons. The monoisotopic (exact) mass is 388 g/mol. The van der Waals surface area contributed by atoms with Crippen molar-refractivity contribution in [1.82, 2.24) is 25.5 Å². The van der Waals surface area contributed by atoms with Gasteiger partial charge in [-0.2, -0.15) is 5.10 Å².